The van der Waals surface area contributed by atoms with Crippen molar-refractivity contribution in [2.24, 2.45) is 0 Å². The molecule has 2 heterocycles. The molecule has 0 radical (unpaired) electrons. The predicted molar refractivity (Wildman–Crippen MR) is 182 cm³/mol. The highest BCUT2D eigenvalue weighted by molar-refractivity contribution is 8.00. The SMILES string of the molecule is CCCCC/C=C\C/C=C\C/C=C\C/C=C\CCCC(=O)NCCCCCNC(=O)CCCC[C@H]1SC[C@H]2NC(=O)N[C@H]21. The number of hydrogen-bond acceptors (Lipinski definition) is 4. The quantitative estimate of drug-likeness (QED) is 0.0494. The van der Waals surface area contributed by atoms with E-state index in [1.807, 2.05) is 11.8 Å². The van der Waals surface area contributed by atoms with Crippen molar-refractivity contribution in [2.75, 3.05) is 18.8 Å². The molecule has 0 aromatic rings. The molecule has 242 valence electrons. The molecule has 0 spiro atoms. The lowest BCUT2D eigenvalue weighted by Gasteiger charge is -2.16. The Kier molecular flexibility index (Phi) is 21.3. The number of nitrogens with one attached hydrogen (secondary N) is 4. The summed E-state index contributed by atoms with van der Waals surface area (Å²) in [6, 6.07) is 0.461. The maximum absolute atomic E-state index is 12.1. The first kappa shape index (κ1) is 36.7. The third-order valence-corrected chi connectivity index (χ3v) is 9.32. The van der Waals surface area contributed by atoms with Crippen LogP contribution in [0.1, 0.15) is 116 Å². The van der Waals surface area contributed by atoms with E-state index in [4.69, 9.17) is 0 Å². The van der Waals surface area contributed by atoms with Crippen molar-refractivity contribution in [2.45, 2.75) is 133 Å². The Bertz CT molecular complexity index is 902. The van der Waals surface area contributed by atoms with Crippen LogP contribution >= 0.6 is 11.8 Å². The zero-order valence-electron chi connectivity index (χ0n) is 26.6. The summed E-state index contributed by atoms with van der Waals surface area (Å²) in [6.07, 6.45) is 34.6. The molecule has 43 heavy (non-hydrogen) atoms. The lowest BCUT2D eigenvalue weighted by atomic mass is 10.0. The lowest BCUT2D eigenvalue weighted by molar-refractivity contribution is -0.121. The Labute approximate surface area is 265 Å². The van der Waals surface area contributed by atoms with Crippen molar-refractivity contribution in [1.29, 1.82) is 0 Å². The van der Waals surface area contributed by atoms with Gasteiger partial charge in [0, 0.05) is 36.9 Å². The number of amides is 4. The third-order valence-electron chi connectivity index (χ3n) is 7.81. The molecular weight excluding hydrogens is 556 g/mol. The molecule has 4 N–H and O–H groups in total. The normalized spacial score (nSPS) is 19.9. The van der Waals surface area contributed by atoms with Crippen LogP contribution in [0.3, 0.4) is 0 Å². The summed E-state index contributed by atoms with van der Waals surface area (Å²) in [4.78, 5) is 35.6. The first-order chi connectivity index (χ1) is 21.1. The first-order valence-electron chi connectivity index (χ1n) is 16.9. The molecule has 0 bridgehead atoms. The minimum atomic E-state index is -0.0453. The average molecular weight is 615 g/mol. The van der Waals surface area contributed by atoms with Gasteiger partial charge in [0.15, 0.2) is 0 Å². The number of carbonyl (C=O) groups is 3. The number of thioether (sulfide) groups is 1. The summed E-state index contributed by atoms with van der Waals surface area (Å²) in [5.41, 5.74) is 0. The van der Waals surface area contributed by atoms with Crippen LogP contribution in [-0.4, -0.2) is 54.0 Å². The fourth-order valence-corrected chi connectivity index (χ4v) is 6.82. The molecular formula is C35H58N4O3S. The molecule has 2 aliphatic heterocycles. The first-order valence-corrected chi connectivity index (χ1v) is 18.0. The van der Waals surface area contributed by atoms with Gasteiger partial charge >= 0.3 is 6.03 Å². The van der Waals surface area contributed by atoms with Crippen LogP contribution in [-0.2, 0) is 9.59 Å². The Morgan fingerprint density at radius 3 is 1.93 bits per heavy atom. The molecule has 4 amide bonds. The molecule has 0 unspecified atom stereocenters. The van der Waals surface area contributed by atoms with Gasteiger partial charge in [-0.25, -0.2) is 4.79 Å². The largest absolute Gasteiger partial charge is 0.356 e. The fraction of sp³-hybridized carbons (Fsp3) is 0.686. The minimum absolute atomic E-state index is 0.0453. The van der Waals surface area contributed by atoms with Crippen molar-refractivity contribution < 1.29 is 14.4 Å². The molecule has 2 aliphatic rings. The zero-order chi connectivity index (χ0) is 30.8. The van der Waals surface area contributed by atoms with Crippen molar-refractivity contribution in [3.8, 4) is 0 Å². The number of carbonyl (C=O) groups excluding carboxylic acids is 3. The van der Waals surface area contributed by atoms with Crippen molar-refractivity contribution >= 4 is 29.6 Å². The van der Waals surface area contributed by atoms with E-state index < -0.39 is 0 Å². The molecule has 8 heteroatoms. The lowest BCUT2D eigenvalue weighted by Crippen LogP contribution is -2.36. The van der Waals surface area contributed by atoms with Crippen molar-refractivity contribution in [3.63, 3.8) is 0 Å². The van der Waals surface area contributed by atoms with Crippen LogP contribution in [0, 0.1) is 0 Å². The highest BCUT2D eigenvalue weighted by Gasteiger charge is 2.42. The molecule has 0 saturated carbocycles. The van der Waals surface area contributed by atoms with E-state index in [9.17, 15) is 14.4 Å². The molecule has 2 rings (SSSR count). The van der Waals surface area contributed by atoms with Crippen molar-refractivity contribution in [3.05, 3.63) is 48.6 Å². The van der Waals surface area contributed by atoms with Gasteiger partial charge in [0.25, 0.3) is 0 Å². The fourth-order valence-electron chi connectivity index (χ4n) is 5.27. The number of urea groups is 1. The number of rotatable bonds is 25. The topological polar surface area (TPSA) is 99.3 Å². The summed E-state index contributed by atoms with van der Waals surface area (Å²) < 4.78 is 0. The zero-order valence-corrected chi connectivity index (χ0v) is 27.4. The van der Waals surface area contributed by atoms with Gasteiger partial charge in [0.1, 0.15) is 0 Å². The number of unbranched alkanes of at least 4 members (excludes halogenated alkanes) is 7. The number of fused-ring (bicyclic) bond motifs is 1. The van der Waals surface area contributed by atoms with Gasteiger partial charge in [-0.2, -0.15) is 11.8 Å². The average Bonchev–Trinajstić information content (AvgIpc) is 3.55. The van der Waals surface area contributed by atoms with E-state index in [-0.39, 0.29) is 29.9 Å². The van der Waals surface area contributed by atoms with Gasteiger partial charge < -0.3 is 21.3 Å². The summed E-state index contributed by atoms with van der Waals surface area (Å²) in [6.45, 7) is 3.64. The molecule has 0 aromatic carbocycles. The van der Waals surface area contributed by atoms with Gasteiger partial charge in [-0.05, 0) is 77.0 Å². The predicted octanol–water partition coefficient (Wildman–Crippen LogP) is 7.26. The molecule has 2 fully saturated rings. The van der Waals surface area contributed by atoms with Gasteiger partial charge in [-0.1, -0.05) is 74.8 Å². The number of hydrogen-bond donors (Lipinski definition) is 4. The van der Waals surface area contributed by atoms with E-state index >= 15 is 0 Å². The minimum Gasteiger partial charge on any atom is -0.356 e. The van der Waals surface area contributed by atoms with E-state index in [0.717, 1.165) is 76.4 Å². The van der Waals surface area contributed by atoms with Crippen LogP contribution < -0.4 is 21.3 Å². The molecule has 2 saturated heterocycles. The molecule has 0 aromatic heterocycles. The monoisotopic (exact) mass is 614 g/mol. The van der Waals surface area contributed by atoms with Crippen LogP contribution in [0.25, 0.3) is 0 Å². The highest BCUT2D eigenvalue weighted by atomic mass is 32.2. The second-order valence-electron chi connectivity index (χ2n) is 11.6. The summed E-state index contributed by atoms with van der Waals surface area (Å²) in [7, 11) is 0. The summed E-state index contributed by atoms with van der Waals surface area (Å²) in [5, 5.41) is 12.5. The Hall–Kier alpha value is -2.48. The molecule has 7 nitrogen and oxygen atoms in total. The van der Waals surface area contributed by atoms with Crippen LogP contribution in [0.2, 0.25) is 0 Å². The molecule has 3 atom stereocenters. The Morgan fingerprint density at radius 2 is 1.30 bits per heavy atom. The van der Waals surface area contributed by atoms with Gasteiger partial charge in [0.05, 0.1) is 12.1 Å². The second kappa shape index (κ2) is 24.9. The van der Waals surface area contributed by atoms with E-state index in [2.05, 4.69) is 76.8 Å². The highest BCUT2D eigenvalue weighted by Crippen LogP contribution is 2.33. The summed E-state index contributed by atoms with van der Waals surface area (Å²) in [5.74, 6) is 1.22. The smallest absolute Gasteiger partial charge is 0.315 e. The van der Waals surface area contributed by atoms with E-state index in [1.54, 1.807) is 0 Å². The van der Waals surface area contributed by atoms with Crippen molar-refractivity contribution in [1.82, 2.24) is 21.3 Å². The van der Waals surface area contributed by atoms with Gasteiger partial charge in [-0.15, -0.1) is 0 Å². The van der Waals surface area contributed by atoms with Crippen LogP contribution in [0.15, 0.2) is 48.6 Å². The van der Waals surface area contributed by atoms with Crippen LogP contribution in [0.4, 0.5) is 4.79 Å². The Balaban J connectivity index is 1.30. The maximum Gasteiger partial charge on any atom is 0.315 e. The van der Waals surface area contributed by atoms with E-state index in [1.165, 1.54) is 25.7 Å². The third kappa shape index (κ3) is 18.7. The number of allylic oxidation sites excluding steroid dienone is 8. The summed E-state index contributed by atoms with van der Waals surface area (Å²) >= 11 is 1.92. The van der Waals surface area contributed by atoms with Crippen LogP contribution in [0.5, 0.6) is 0 Å². The van der Waals surface area contributed by atoms with Gasteiger partial charge in [0.2, 0.25) is 11.8 Å². The Morgan fingerprint density at radius 1 is 0.721 bits per heavy atom. The second-order valence-corrected chi connectivity index (χ2v) is 12.9. The van der Waals surface area contributed by atoms with E-state index in [0.29, 0.717) is 31.2 Å². The standard InChI is InChI=1S/C35H58N4O3S/c1-2-3-4-5-6-7-8-9-10-11-12-13-14-15-16-17-19-25-32(40)36-27-22-18-23-28-37-33(41)26-21-20-24-31-34-30(29-43-31)38-35(42)39-34/h6-7,9-10,12-13,15-16,30-31,34H,2-5,8,11,14,17-29H2,1H3,(H,36,40)(H,37,41)(H2,38,39,42)/b7-6-,10-9-,13-12-,16-15-/t30-,31-,34-/m1/s1. The maximum atomic E-state index is 12.1. The molecule has 0 aliphatic carbocycles. The van der Waals surface area contributed by atoms with Gasteiger partial charge in [-0.3, -0.25) is 9.59 Å².